The second kappa shape index (κ2) is 9.99. The molecule has 2 aliphatic heterocycles. The van der Waals surface area contributed by atoms with Crippen LogP contribution in [0.5, 0.6) is 0 Å². The molecule has 0 radical (unpaired) electrons. The molecule has 2 amide bonds. The number of carbonyl (C=O) groups excluding carboxylic acids is 2. The maximum atomic E-state index is 13.4. The molecule has 0 saturated heterocycles. The lowest BCUT2D eigenvalue weighted by Crippen LogP contribution is -2.48. The highest BCUT2D eigenvalue weighted by molar-refractivity contribution is 14.1. The molecule has 32 heavy (non-hydrogen) atoms. The number of halogens is 2. The molecule has 2 atom stereocenters. The average molecular weight is 564 g/mol. The maximum absolute atomic E-state index is 13.4. The lowest BCUT2D eigenvalue weighted by molar-refractivity contribution is -0.129. The highest BCUT2D eigenvalue weighted by Crippen LogP contribution is 2.29. The Morgan fingerprint density at radius 3 is 2.75 bits per heavy atom. The number of nitrogens with one attached hydrogen (secondary N) is 1. The van der Waals surface area contributed by atoms with Gasteiger partial charge in [0.05, 0.1) is 29.9 Å². The fourth-order valence-electron chi connectivity index (χ4n) is 3.91. The number of alkyl halides is 1. The first-order valence-corrected chi connectivity index (χ1v) is 12.2. The molecule has 2 heterocycles. The Balaban J connectivity index is 1.50. The number of allylic oxidation sites excluding steroid dienone is 5. The zero-order valence-electron chi connectivity index (χ0n) is 17.5. The smallest absolute Gasteiger partial charge is 0.254 e. The number of carbonyl (C=O) groups is 2. The standard InChI is InChI=1S/C23H23ClIN5O2/c1-26-22(31)16-7-5-15(6-8-16)20-11-28-21-12-27-19(13-29(20)21)23(32)30(14-25)18-4-2-3-17(24)9-10-18/h3-10,12,19-20H,2,11,13-14H2,1H3,(H,26,31). The molecule has 166 valence electrons. The van der Waals surface area contributed by atoms with Crippen LogP contribution in [0.3, 0.4) is 0 Å². The highest BCUT2D eigenvalue weighted by atomic mass is 127. The summed E-state index contributed by atoms with van der Waals surface area (Å²) < 4.78 is 0.516. The van der Waals surface area contributed by atoms with E-state index in [1.54, 1.807) is 24.2 Å². The SMILES string of the molecule is CNC(=O)c1ccc(C2CN=C3C=NC(C(=O)N(CI)C4=CCC=C(Cl)C=C4)CN32)cc1. The topological polar surface area (TPSA) is 77.4 Å². The van der Waals surface area contributed by atoms with Gasteiger partial charge in [-0.3, -0.25) is 19.6 Å². The van der Waals surface area contributed by atoms with Crippen molar-refractivity contribution in [3.05, 3.63) is 70.4 Å². The van der Waals surface area contributed by atoms with E-state index in [0.29, 0.717) is 34.7 Å². The number of amides is 2. The summed E-state index contributed by atoms with van der Waals surface area (Å²) in [4.78, 5) is 38.2. The van der Waals surface area contributed by atoms with Gasteiger partial charge >= 0.3 is 0 Å². The van der Waals surface area contributed by atoms with Gasteiger partial charge < -0.3 is 15.1 Å². The summed E-state index contributed by atoms with van der Waals surface area (Å²) >= 11 is 8.30. The molecule has 2 unspecified atom stereocenters. The van der Waals surface area contributed by atoms with E-state index in [0.717, 1.165) is 17.1 Å². The first kappa shape index (κ1) is 22.7. The minimum absolute atomic E-state index is 0.0128. The van der Waals surface area contributed by atoms with Crippen LogP contribution in [0, 0.1) is 0 Å². The summed E-state index contributed by atoms with van der Waals surface area (Å²) in [7, 11) is 1.61. The zero-order chi connectivity index (χ0) is 22.7. The summed E-state index contributed by atoms with van der Waals surface area (Å²) in [5, 5.41) is 3.29. The predicted molar refractivity (Wildman–Crippen MR) is 135 cm³/mol. The van der Waals surface area contributed by atoms with Crippen molar-refractivity contribution in [1.29, 1.82) is 0 Å². The first-order chi connectivity index (χ1) is 15.5. The minimum atomic E-state index is -0.518. The van der Waals surface area contributed by atoms with Crippen molar-refractivity contribution < 1.29 is 9.59 Å². The van der Waals surface area contributed by atoms with Crippen molar-refractivity contribution in [2.24, 2.45) is 9.98 Å². The quantitative estimate of drug-likeness (QED) is 0.339. The number of fused-ring (bicyclic) bond motifs is 1. The van der Waals surface area contributed by atoms with Gasteiger partial charge in [-0.2, -0.15) is 0 Å². The van der Waals surface area contributed by atoms with Gasteiger partial charge in [-0.25, -0.2) is 0 Å². The number of nitrogens with zero attached hydrogens (tertiary/aromatic N) is 4. The van der Waals surface area contributed by atoms with Gasteiger partial charge in [0.2, 0.25) is 0 Å². The van der Waals surface area contributed by atoms with Crippen LogP contribution in [0.15, 0.2) is 69.3 Å². The minimum Gasteiger partial charge on any atom is -0.355 e. The molecule has 4 rings (SSSR count). The van der Waals surface area contributed by atoms with Crippen molar-refractivity contribution in [3.63, 3.8) is 0 Å². The number of amidine groups is 1. The van der Waals surface area contributed by atoms with Crippen molar-refractivity contribution in [2.45, 2.75) is 18.5 Å². The third kappa shape index (κ3) is 4.66. The maximum Gasteiger partial charge on any atom is 0.254 e. The molecule has 0 saturated carbocycles. The lowest BCUT2D eigenvalue weighted by Gasteiger charge is -2.34. The van der Waals surface area contributed by atoms with E-state index >= 15 is 0 Å². The van der Waals surface area contributed by atoms with Gasteiger partial charge in [0.25, 0.3) is 11.8 Å². The molecule has 1 aromatic rings. The van der Waals surface area contributed by atoms with Crippen LogP contribution in [0.1, 0.15) is 28.4 Å². The first-order valence-electron chi connectivity index (χ1n) is 10.3. The van der Waals surface area contributed by atoms with E-state index in [1.165, 1.54) is 0 Å². The summed E-state index contributed by atoms with van der Waals surface area (Å²) in [5.41, 5.74) is 2.49. The van der Waals surface area contributed by atoms with E-state index in [-0.39, 0.29) is 17.9 Å². The van der Waals surface area contributed by atoms with Crippen LogP contribution in [-0.2, 0) is 4.79 Å². The third-order valence-electron chi connectivity index (χ3n) is 5.66. The zero-order valence-corrected chi connectivity index (χ0v) is 20.5. The third-order valence-corrected chi connectivity index (χ3v) is 6.62. The molecular formula is C23H23ClIN5O2. The van der Waals surface area contributed by atoms with E-state index in [2.05, 4.69) is 42.8 Å². The lowest BCUT2D eigenvalue weighted by atomic mass is 10.0. The summed E-state index contributed by atoms with van der Waals surface area (Å²) in [5.74, 6) is 0.622. The molecule has 0 fully saturated rings. The van der Waals surface area contributed by atoms with Gasteiger partial charge in [-0.05, 0) is 36.3 Å². The Labute approximate surface area is 205 Å². The fourth-order valence-corrected chi connectivity index (χ4v) is 4.79. The number of hydrogen-bond donors (Lipinski definition) is 1. The molecular weight excluding hydrogens is 541 g/mol. The van der Waals surface area contributed by atoms with Crippen LogP contribution >= 0.6 is 34.2 Å². The van der Waals surface area contributed by atoms with Crippen LogP contribution in [0.2, 0.25) is 0 Å². The summed E-state index contributed by atoms with van der Waals surface area (Å²) in [6.07, 6.45) is 9.95. The largest absolute Gasteiger partial charge is 0.355 e. The molecule has 7 nitrogen and oxygen atoms in total. The fraction of sp³-hybridized carbons (Fsp3) is 0.304. The van der Waals surface area contributed by atoms with Gasteiger partial charge in [0.15, 0.2) is 0 Å². The van der Waals surface area contributed by atoms with Crippen molar-refractivity contribution in [1.82, 2.24) is 15.1 Å². The number of hydrogen-bond acceptors (Lipinski definition) is 5. The van der Waals surface area contributed by atoms with E-state index in [1.807, 2.05) is 42.5 Å². The van der Waals surface area contributed by atoms with Crippen molar-refractivity contribution in [2.75, 3.05) is 24.7 Å². The Hall–Kier alpha value is -2.46. The molecule has 1 aromatic carbocycles. The molecule has 0 aromatic heterocycles. The Morgan fingerprint density at radius 2 is 2.03 bits per heavy atom. The van der Waals surface area contributed by atoms with Gasteiger partial charge in [0, 0.05) is 23.3 Å². The monoisotopic (exact) mass is 563 g/mol. The molecule has 3 aliphatic rings. The molecule has 1 N–H and O–H groups in total. The predicted octanol–water partition coefficient (Wildman–Crippen LogP) is 3.44. The van der Waals surface area contributed by atoms with Crippen LogP contribution in [0.25, 0.3) is 0 Å². The molecule has 1 aliphatic carbocycles. The van der Waals surface area contributed by atoms with E-state index < -0.39 is 6.04 Å². The van der Waals surface area contributed by atoms with Crippen LogP contribution in [0.4, 0.5) is 0 Å². The van der Waals surface area contributed by atoms with Crippen LogP contribution < -0.4 is 5.32 Å². The summed E-state index contributed by atoms with van der Waals surface area (Å²) in [6.45, 7) is 1.05. The normalized spacial score (nSPS) is 21.8. The Kier molecular flexibility index (Phi) is 7.10. The van der Waals surface area contributed by atoms with Crippen LogP contribution in [-0.4, -0.2) is 64.4 Å². The number of aliphatic imine (C=N–C) groups is 2. The molecule has 0 bridgehead atoms. The van der Waals surface area contributed by atoms with Gasteiger partial charge in [-0.1, -0.05) is 58.5 Å². The average Bonchev–Trinajstić information content (AvgIpc) is 3.13. The van der Waals surface area contributed by atoms with Gasteiger partial charge in [0.1, 0.15) is 11.9 Å². The van der Waals surface area contributed by atoms with E-state index in [9.17, 15) is 9.59 Å². The second-order valence-corrected chi connectivity index (χ2v) is 8.65. The molecule has 0 spiro atoms. The molecule has 9 heteroatoms. The van der Waals surface area contributed by atoms with Crippen molar-refractivity contribution >= 4 is 58.1 Å². The van der Waals surface area contributed by atoms with E-state index in [4.69, 9.17) is 11.6 Å². The van der Waals surface area contributed by atoms with Gasteiger partial charge in [-0.15, -0.1) is 0 Å². The second-order valence-electron chi connectivity index (χ2n) is 7.53. The number of rotatable bonds is 5. The summed E-state index contributed by atoms with van der Waals surface area (Å²) in [6, 6.07) is 7.02. The Morgan fingerprint density at radius 1 is 1.25 bits per heavy atom. The highest BCUT2D eigenvalue weighted by Gasteiger charge is 2.36. The van der Waals surface area contributed by atoms with Crippen molar-refractivity contribution in [3.8, 4) is 0 Å². The number of benzene rings is 1. The Bertz CT molecular complexity index is 1060.